The predicted molar refractivity (Wildman–Crippen MR) is 129 cm³/mol. The van der Waals surface area contributed by atoms with Gasteiger partial charge in [0.1, 0.15) is 5.82 Å². The van der Waals surface area contributed by atoms with Crippen molar-refractivity contribution in [2.75, 3.05) is 49.9 Å². The molecule has 3 rings (SSSR count). The van der Waals surface area contributed by atoms with Crippen molar-refractivity contribution < 1.29 is 4.39 Å². The second-order valence-electron chi connectivity index (χ2n) is 6.41. The van der Waals surface area contributed by atoms with Crippen LogP contribution in [0.25, 0.3) is 0 Å². The van der Waals surface area contributed by atoms with Crippen LogP contribution < -0.4 is 10.2 Å². The van der Waals surface area contributed by atoms with E-state index in [1.807, 2.05) is 18.2 Å². The van der Waals surface area contributed by atoms with Gasteiger partial charge in [-0.15, -0.1) is 35.7 Å². The SMILES string of the molecule is CCNC(=NCCCSc1ccc(F)cc1)N1CCN(c2ncccn2)CC1.I. The first kappa shape index (κ1) is 23.7. The van der Waals surface area contributed by atoms with Gasteiger partial charge in [0.25, 0.3) is 0 Å². The first-order valence-corrected chi connectivity index (χ1v) is 10.7. The highest BCUT2D eigenvalue weighted by Crippen LogP contribution is 2.18. The van der Waals surface area contributed by atoms with Gasteiger partial charge in [-0.25, -0.2) is 14.4 Å². The van der Waals surface area contributed by atoms with E-state index < -0.39 is 0 Å². The topological polar surface area (TPSA) is 56.7 Å². The Morgan fingerprint density at radius 1 is 1.14 bits per heavy atom. The summed E-state index contributed by atoms with van der Waals surface area (Å²) in [5.41, 5.74) is 0. The maximum absolute atomic E-state index is 12.9. The molecule has 1 N–H and O–H groups in total. The molecule has 1 aromatic heterocycles. The van der Waals surface area contributed by atoms with Gasteiger partial charge in [-0.05, 0) is 49.4 Å². The lowest BCUT2D eigenvalue weighted by molar-refractivity contribution is 0.370. The molecule has 0 saturated carbocycles. The summed E-state index contributed by atoms with van der Waals surface area (Å²) in [5.74, 6) is 2.54. The van der Waals surface area contributed by atoms with Crippen LogP contribution in [-0.4, -0.2) is 65.8 Å². The minimum atomic E-state index is -0.192. The van der Waals surface area contributed by atoms with Gasteiger partial charge >= 0.3 is 0 Å². The average Bonchev–Trinajstić information content (AvgIpc) is 2.75. The normalized spacial score (nSPS) is 14.5. The Balaban J connectivity index is 0.00000300. The van der Waals surface area contributed by atoms with E-state index in [0.717, 1.165) is 68.2 Å². The quantitative estimate of drug-likeness (QED) is 0.195. The summed E-state index contributed by atoms with van der Waals surface area (Å²) in [4.78, 5) is 19.1. The number of piperazine rings is 1. The molecule has 1 saturated heterocycles. The molecule has 1 fully saturated rings. The zero-order chi connectivity index (χ0) is 19.6. The van der Waals surface area contributed by atoms with E-state index in [1.54, 1.807) is 24.2 Å². The van der Waals surface area contributed by atoms with E-state index >= 15 is 0 Å². The van der Waals surface area contributed by atoms with Crippen LogP contribution in [0.1, 0.15) is 13.3 Å². The summed E-state index contributed by atoms with van der Waals surface area (Å²) >= 11 is 1.74. The summed E-state index contributed by atoms with van der Waals surface area (Å²) < 4.78 is 12.9. The van der Waals surface area contributed by atoms with Gasteiger partial charge in [0.05, 0.1) is 0 Å². The second-order valence-corrected chi connectivity index (χ2v) is 7.58. The molecule has 0 spiro atoms. The highest BCUT2D eigenvalue weighted by molar-refractivity contribution is 14.0. The van der Waals surface area contributed by atoms with E-state index in [1.165, 1.54) is 12.1 Å². The molecular weight excluding hydrogens is 502 g/mol. The lowest BCUT2D eigenvalue weighted by atomic mass is 10.3. The van der Waals surface area contributed by atoms with Crippen molar-refractivity contribution in [2.45, 2.75) is 18.2 Å². The molecule has 0 amide bonds. The smallest absolute Gasteiger partial charge is 0.225 e. The second kappa shape index (κ2) is 12.8. The summed E-state index contributed by atoms with van der Waals surface area (Å²) in [5, 5.41) is 3.40. The van der Waals surface area contributed by atoms with Crippen LogP contribution in [0.2, 0.25) is 0 Å². The maximum atomic E-state index is 12.9. The summed E-state index contributed by atoms with van der Waals surface area (Å²) in [7, 11) is 0. The van der Waals surface area contributed by atoms with Gasteiger partial charge in [0.15, 0.2) is 5.96 Å². The fourth-order valence-electron chi connectivity index (χ4n) is 2.97. The molecular formula is C20H28FIN6S. The highest BCUT2D eigenvalue weighted by Gasteiger charge is 2.20. The number of benzene rings is 1. The molecule has 29 heavy (non-hydrogen) atoms. The van der Waals surface area contributed by atoms with E-state index in [4.69, 9.17) is 4.99 Å². The van der Waals surface area contributed by atoms with E-state index in [9.17, 15) is 4.39 Å². The van der Waals surface area contributed by atoms with Crippen LogP contribution in [0, 0.1) is 5.82 Å². The number of aromatic nitrogens is 2. The van der Waals surface area contributed by atoms with Crippen molar-refractivity contribution >= 4 is 47.6 Å². The first-order valence-electron chi connectivity index (χ1n) is 9.70. The van der Waals surface area contributed by atoms with E-state index in [0.29, 0.717) is 0 Å². The monoisotopic (exact) mass is 530 g/mol. The van der Waals surface area contributed by atoms with Gasteiger partial charge in [0.2, 0.25) is 5.95 Å². The number of hydrogen-bond acceptors (Lipinski definition) is 5. The molecule has 0 bridgehead atoms. The third-order valence-electron chi connectivity index (χ3n) is 4.40. The third kappa shape index (κ3) is 7.61. The number of nitrogens with zero attached hydrogens (tertiary/aromatic N) is 5. The Kier molecular flexibility index (Phi) is 10.5. The van der Waals surface area contributed by atoms with Crippen LogP contribution in [-0.2, 0) is 0 Å². The molecule has 1 aromatic carbocycles. The Labute approximate surface area is 193 Å². The van der Waals surface area contributed by atoms with E-state index in [2.05, 4.69) is 32.0 Å². The number of thioether (sulfide) groups is 1. The molecule has 2 heterocycles. The van der Waals surface area contributed by atoms with Crippen molar-refractivity contribution in [3.8, 4) is 0 Å². The molecule has 0 aliphatic carbocycles. The predicted octanol–water partition coefficient (Wildman–Crippen LogP) is 3.50. The van der Waals surface area contributed by atoms with Crippen molar-refractivity contribution in [3.05, 3.63) is 48.5 Å². The minimum absolute atomic E-state index is 0. The standard InChI is InChI=1S/C20H27FN6S.HI/c1-2-22-19(25-11-4-16-28-18-7-5-17(21)6-8-18)26-12-14-27(15-13-26)20-23-9-3-10-24-20;/h3,5-10H,2,4,11-16H2,1H3,(H,22,25);1H. The van der Waals surface area contributed by atoms with Crippen molar-refractivity contribution in [3.63, 3.8) is 0 Å². The molecule has 158 valence electrons. The Morgan fingerprint density at radius 2 is 1.83 bits per heavy atom. The van der Waals surface area contributed by atoms with Crippen LogP contribution in [0.4, 0.5) is 10.3 Å². The van der Waals surface area contributed by atoms with Crippen molar-refractivity contribution in [1.82, 2.24) is 20.2 Å². The molecule has 9 heteroatoms. The number of halogens is 2. The van der Waals surface area contributed by atoms with Crippen LogP contribution in [0.15, 0.2) is 52.6 Å². The van der Waals surface area contributed by atoms with Gasteiger partial charge in [-0.2, -0.15) is 0 Å². The molecule has 2 aromatic rings. The van der Waals surface area contributed by atoms with E-state index in [-0.39, 0.29) is 29.8 Å². The molecule has 1 aliphatic rings. The minimum Gasteiger partial charge on any atom is -0.357 e. The number of rotatable bonds is 7. The first-order chi connectivity index (χ1) is 13.8. The lowest BCUT2D eigenvalue weighted by Gasteiger charge is -2.36. The summed E-state index contributed by atoms with van der Waals surface area (Å²) in [6.45, 7) is 7.28. The Morgan fingerprint density at radius 3 is 2.48 bits per heavy atom. The molecule has 1 aliphatic heterocycles. The van der Waals surface area contributed by atoms with Crippen molar-refractivity contribution in [1.29, 1.82) is 0 Å². The van der Waals surface area contributed by atoms with Crippen LogP contribution in [0.3, 0.4) is 0 Å². The lowest BCUT2D eigenvalue weighted by Crippen LogP contribution is -2.53. The number of aliphatic imine (C=N–C) groups is 1. The molecule has 0 radical (unpaired) electrons. The number of anilines is 1. The van der Waals surface area contributed by atoms with Gasteiger partial charge in [-0.1, -0.05) is 0 Å². The number of hydrogen-bond donors (Lipinski definition) is 1. The van der Waals surface area contributed by atoms with Gasteiger partial charge < -0.3 is 15.1 Å². The zero-order valence-electron chi connectivity index (χ0n) is 16.6. The largest absolute Gasteiger partial charge is 0.357 e. The zero-order valence-corrected chi connectivity index (χ0v) is 19.8. The number of nitrogens with one attached hydrogen (secondary N) is 1. The fraction of sp³-hybridized carbons (Fsp3) is 0.450. The fourth-order valence-corrected chi connectivity index (χ4v) is 3.81. The van der Waals surface area contributed by atoms with Crippen molar-refractivity contribution in [2.24, 2.45) is 4.99 Å². The third-order valence-corrected chi connectivity index (χ3v) is 5.49. The average molecular weight is 530 g/mol. The maximum Gasteiger partial charge on any atom is 0.225 e. The van der Waals surface area contributed by atoms with Crippen LogP contribution >= 0.6 is 35.7 Å². The molecule has 0 atom stereocenters. The Bertz CT molecular complexity index is 738. The van der Waals surface area contributed by atoms with Gasteiger partial charge in [-0.3, -0.25) is 4.99 Å². The molecule has 0 unspecified atom stereocenters. The molecule has 6 nitrogen and oxygen atoms in total. The summed E-state index contributed by atoms with van der Waals surface area (Å²) in [6, 6.07) is 8.49. The van der Waals surface area contributed by atoms with Crippen LogP contribution in [0.5, 0.6) is 0 Å². The Hall–Kier alpha value is -1.62. The van der Waals surface area contributed by atoms with Gasteiger partial charge in [0, 0.05) is 56.6 Å². The number of guanidine groups is 1. The summed E-state index contributed by atoms with van der Waals surface area (Å²) in [6.07, 6.45) is 4.54. The highest BCUT2D eigenvalue weighted by atomic mass is 127.